The number of carbonyl (C=O) groups excluding carboxylic acids is 2. The van der Waals surface area contributed by atoms with Gasteiger partial charge in [-0.2, -0.15) is 0 Å². The number of ether oxygens (including phenoxy) is 2. The maximum Gasteiger partial charge on any atom is 0.338 e. The first-order valence-corrected chi connectivity index (χ1v) is 12.8. The van der Waals surface area contributed by atoms with Crippen LogP contribution in [0, 0.1) is 6.92 Å². The third kappa shape index (κ3) is 5.31. The van der Waals surface area contributed by atoms with Crippen LogP contribution in [0.3, 0.4) is 0 Å². The number of carbonyl (C=O) groups is 2. The summed E-state index contributed by atoms with van der Waals surface area (Å²) in [6, 6.07) is 4.83. The number of nitrogens with zero attached hydrogens (tertiary/aromatic N) is 3. The van der Waals surface area contributed by atoms with E-state index in [0.717, 1.165) is 68.7 Å². The predicted molar refractivity (Wildman–Crippen MR) is 136 cm³/mol. The largest absolute Gasteiger partial charge is 0.457 e. The Balaban J connectivity index is 1.28. The van der Waals surface area contributed by atoms with E-state index < -0.39 is 0 Å². The molecule has 1 aromatic rings. The molecule has 0 aromatic heterocycles. The van der Waals surface area contributed by atoms with E-state index in [1.165, 1.54) is 11.1 Å². The van der Waals surface area contributed by atoms with Crippen molar-refractivity contribution in [3.63, 3.8) is 0 Å². The molecule has 4 rings (SSSR count). The molecular formula is C28H39N3O4. The number of esters is 2. The second-order valence-corrected chi connectivity index (χ2v) is 10.0. The summed E-state index contributed by atoms with van der Waals surface area (Å²) < 4.78 is 10.4. The maximum atomic E-state index is 11.9. The summed E-state index contributed by atoms with van der Waals surface area (Å²) in [7, 11) is 2.22. The molecule has 0 saturated carbocycles. The third-order valence-electron chi connectivity index (χ3n) is 8.11. The minimum atomic E-state index is -0.223. The van der Waals surface area contributed by atoms with Crippen LogP contribution < -0.4 is 0 Å². The van der Waals surface area contributed by atoms with Gasteiger partial charge in [0.05, 0.1) is 16.8 Å². The van der Waals surface area contributed by atoms with Gasteiger partial charge in [-0.1, -0.05) is 19.6 Å². The highest BCUT2D eigenvalue weighted by molar-refractivity contribution is 5.94. The molecule has 1 atom stereocenters. The van der Waals surface area contributed by atoms with Crippen LogP contribution >= 0.6 is 0 Å². The normalized spacial score (nSPS) is 19.7. The molecule has 190 valence electrons. The van der Waals surface area contributed by atoms with Gasteiger partial charge in [-0.15, -0.1) is 0 Å². The Morgan fingerprint density at radius 2 is 1.86 bits per heavy atom. The number of likely N-dealkylation sites (N-methyl/N-ethyl adjacent to an activating group) is 1. The lowest BCUT2D eigenvalue weighted by atomic mass is 9.96. The highest BCUT2D eigenvalue weighted by atomic mass is 16.5. The van der Waals surface area contributed by atoms with E-state index in [2.05, 4.69) is 48.2 Å². The number of hydrogen-bond donors (Lipinski definition) is 0. The summed E-state index contributed by atoms with van der Waals surface area (Å²) in [4.78, 5) is 30.8. The van der Waals surface area contributed by atoms with E-state index in [4.69, 9.17) is 9.47 Å². The predicted octanol–water partition coefficient (Wildman–Crippen LogP) is 3.66. The van der Waals surface area contributed by atoms with Gasteiger partial charge in [0.25, 0.3) is 0 Å². The minimum Gasteiger partial charge on any atom is -0.457 e. The minimum absolute atomic E-state index is 0.195. The average Bonchev–Trinajstić information content (AvgIpc) is 3.41. The summed E-state index contributed by atoms with van der Waals surface area (Å²) in [6.07, 6.45) is 6.10. The fraction of sp³-hybridized carbons (Fsp3) is 0.571. The Morgan fingerprint density at radius 1 is 1.14 bits per heavy atom. The summed E-state index contributed by atoms with van der Waals surface area (Å²) in [5.41, 5.74) is 5.95. The summed E-state index contributed by atoms with van der Waals surface area (Å²) in [6.45, 7) is 15.0. The molecule has 7 nitrogen and oxygen atoms in total. The topological polar surface area (TPSA) is 62.3 Å². The molecule has 0 radical (unpaired) electrons. The molecule has 0 amide bonds. The lowest BCUT2D eigenvalue weighted by molar-refractivity contribution is -0.136. The molecule has 3 heterocycles. The molecule has 7 heteroatoms. The van der Waals surface area contributed by atoms with Gasteiger partial charge in [0, 0.05) is 30.7 Å². The second kappa shape index (κ2) is 11.0. The van der Waals surface area contributed by atoms with Gasteiger partial charge >= 0.3 is 11.9 Å². The van der Waals surface area contributed by atoms with E-state index in [9.17, 15) is 9.59 Å². The van der Waals surface area contributed by atoms with E-state index in [0.29, 0.717) is 24.8 Å². The van der Waals surface area contributed by atoms with Crippen molar-refractivity contribution in [2.45, 2.75) is 65.1 Å². The van der Waals surface area contributed by atoms with Gasteiger partial charge in [0.15, 0.2) is 0 Å². The summed E-state index contributed by atoms with van der Waals surface area (Å²) >= 11 is 0. The van der Waals surface area contributed by atoms with Gasteiger partial charge in [0.1, 0.15) is 13.2 Å². The van der Waals surface area contributed by atoms with Crippen LogP contribution in [-0.4, -0.2) is 78.6 Å². The number of fused-ring (bicyclic) bond motifs is 1. The number of hydrogen-bond acceptors (Lipinski definition) is 7. The molecule has 0 spiro atoms. The molecule has 1 unspecified atom stereocenters. The Kier molecular flexibility index (Phi) is 7.97. The molecule has 0 bridgehead atoms. The molecule has 1 saturated heterocycles. The molecule has 1 aromatic carbocycles. The Hall–Kier alpha value is -2.64. The molecule has 0 N–H and O–H groups in total. The SMILES string of the molecule is C=CN(C1=C(C)C(=O)OC1)C(CC)CN(C)C1CCN(CCc2ccc3c(c2C)COC3=O)CC1. The summed E-state index contributed by atoms with van der Waals surface area (Å²) in [5, 5.41) is 0. The van der Waals surface area contributed by atoms with Gasteiger partial charge in [-0.25, -0.2) is 9.59 Å². The highest BCUT2D eigenvalue weighted by Crippen LogP contribution is 2.27. The average molecular weight is 482 g/mol. The first kappa shape index (κ1) is 25.5. The zero-order valence-electron chi connectivity index (χ0n) is 21.6. The lowest BCUT2D eigenvalue weighted by Gasteiger charge is -2.40. The fourth-order valence-corrected chi connectivity index (χ4v) is 5.64. The molecule has 3 aliphatic rings. The quantitative estimate of drug-likeness (QED) is 0.473. The summed E-state index contributed by atoms with van der Waals surface area (Å²) in [5.74, 6) is -0.418. The van der Waals surface area contributed by atoms with Crippen molar-refractivity contribution in [2.24, 2.45) is 0 Å². The highest BCUT2D eigenvalue weighted by Gasteiger charge is 2.30. The molecule has 0 aliphatic carbocycles. The smallest absolute Gasteiger partial charge is 0.338 e. The van der Waals surface area contributed by atoms with Crippen LogP contribution in [-0.2, 0) is 27.3 Å². The van der Waals surface area contributed by atoms with Gasteiger partial charge in [-0.05, 0) is 83.1 Å². The third-order valence-corrected chi connectivity index (χ3v) is 8.11. The lowest BCUT2D eigenvalue weighted by Crippen LogP contribution is -2.48. The Morgan fingerprint density at radius 3 is 2.49 bits per heavy atom. The molecule has 35 heavy (non-hydrogen) atoms. The second-order valence-electron chi connectivity index (χ2n) is 10.0. The van der Waals surface area contributed by atoms with Crippen molar-refractivity contribution in [2.75, 3.05) is 39.8 Å². The van der Waals surface area contributed by atoms with Crippen molar-refractivity contribution in [1.82, 2.24) is 14.7 Å². The van der Waals surface area contributed by atoms with Crippen LogP contribution in [0.15, 0.2) is 36.2 Å². The van der Waals surface area contributed by atoms with Crippen LogP contribution in [0.1, 0.15) is 60.2 Å². The molecule has 1 fully saturated rings. The Labute approximate surface area is 209 Å². The van der Waals surface area contributed by atoms with Crippen LogP contribution in [0.25, 0.3) is 0 Å². The number of piperidine rings is 1. The zero-order chi connectivity index (χ0) is 25.1. The first-order chi connectivity index (χ1) is 16.8. The standard InChI is InChI=1S/C28H39N3O4/c1-6-22(31(7-2)26-18-35-27(32)20(26)4)16-29(5)23-11-14-30(15-12-23)13-10-21-8-9-24-25(19(21)3)17-34-28(24)33/h7-9,22-23H,2,6,10-18H2,1,3-5H3. The molecular weight excluding hydrogens is 442 g/mol. The van der Waals surface area contributed by atoms with Crippen molar-refractivity contribution < 1.29 is 19.1 Å². The number of benzene rings is 1. The van der Waals surface area contributed by atoms with E-state index in [1.807, 2.05) is 19.2 Å². The van der Waals surface area contributed by atoms with Crippen LogP contribution in [0.2, 0.25) is 0 Å². The maximum absolute atomic E-state index is 11.9. The van der Waals surface area contributed by atoms with Crippen molar-refractivity contribution in [3.05, 3.63) is 58.4 Å². The van der Waals surface area contributed by atoms with Crippen LogP contribution in [0.5, 0.6) is 0 Å². The van der Waals surface area contributed by atoms with Gasteiger partial charge in [0.2, 0.25) is 0 Å². The molecule has 3 aliphatic heterocycles. The fourth-order valence-electron chi connectivity index (χ4n) is 5.64. The monoisotopic (exact) mass is 481 g/mol. The van der Waals surface area contributed by atoms with Gasteiger partial charge in [-0.3, -0.25) is 0 Å². The van der Waals surface area contributed by atoms with Crippen molar-refractivity contribution in [3.8, 4) is 0 Å². The van der Waals surface area contributed by atoms with E-state index in [1.54, 1.807) is 0 Å². The number of likely N-dealkylation sites (tertiary alicyclic amines) is 1. The number of cyclic esters (lactones) is 2. The van der Waals surface area contributed by atoms with Crippen molar-refractivity contribution >= 4 is 11.9 Å². The Bertz CT molecular complexity index is 1010. The zero-order valence-corrected chi connectivity index (χ0v) is 21.6. The van der Waals surface area contributed by atoms with E-state index >= 15 is 0 Å². The van der Waals surface area contributed by atoms with Crippen molar-refractivity contribution in [1.29, 1.82) is 0 Å². The number of rotatable bonds is 10. The van der Waals surface area contributed by atoms with Gasteiger partial charge < -0.3 is 24.2 Å². The van der Waals surface area contributed by atoms with E-state index in [-0.39, 0.29) is 18.0 Å². The van der Waals surface area contributed by atoms with Crippen LogP contribution in [0.4, 0.5) is 0 Å². The first-order valence-electron chi connectivity index (χ1n) is 12.8.